The quantitative estimate of drug-likeness (QED) is 0.877. The van der Waals surface area contributed by atoms with Crippen LogP contribution in [-0.2, 0) is 4.74 Å². The van der Waals surface area contributed by atoms with Crippen molar-refractivity contribution in [3.8, 4) is 0 Å². The number of carbonyl (C=O) groups is 1. The number of aliphatic hydroxyl groups excluding tert-OH is 1. The Labute approximate surface area is 129 Å². The summed E-state index contributed by atoms with van der Waals surface area (Å²) < 4.78 is 5.02. The number of aliphatic hydroxyl groups is 1. The Morgan fingerprint density at radius 2 is 2.14 bits per heavy atom. The Kier molecular flexibility index (Phi) is 6.29. The molecule has 6 heteroatoms. The molecule has 1 atom stereocenters. The number of hydrogen-bond donors (Lipinski definition) is 2. The fourth-order valence-electron chi connectivity index (χ4n) is 2.38. The van der Waals surface area contributed by atoms with Crippen molar-refractivity contribution >= 4 is 23.4 Å². The fourth-order valence-corrected chi connectivity index (χ4v) is 2.58. The molecule has 0 aliphatic carbocycles. The monoisotopic (exact) mass is 312 g/mol. The van der Waals surface area contributed by atoms with Crippen LogP contribution in [0.5, 0.6) is 0 Å². The summed E-state index contributed by atoms with van der Waals surface area (Å²) in [6.07, 6.45) is 2.35. The van der Waals surface area contributed by atoms with Crippen LogP contribution in [0.25, 0.3) is 0 Å². The Morgan fingerprint density at radius 3 is 2.86 bits per heavy atom. The van der Waals surface area contributed by atoms with Gasteiger partial charge in [0.15, 0.2) is 0 Å². The Balaban J connectivity index is 1.68. The number of ether oxygens (including phenoxy) is 1. The molecule has 1 aromatic rings. The van der Waals surface area contributed by atoms with E-state index in [1.807, 2.05) is 0 Å². The maximum absolute atomic E-state index is 11.6. The number of nitrogens with one attached hydrogen (secondary N) is 1. The lowest BCUT2D eigenvalue weighted by Crippen LogP contribution is -2.38. The van der Waals surface area contributed by atoms with Crippen molar-refractivity contribution in [2.45, 2.75) is 25.4 Å². The summed E-state index contributed by atoms with van der Waals surface area (Å²) >= 11 is 5.83. The van der Waals surface area contributed by atoms with Gasteiger partial charge in [-0.1, -0.05) is 24.1 Å². The smallest absolute Gasteiger partial charge is 0.411 e. The zero-order chi connectivity index (χ0) is 15.1. The van der Waals surface area contributed by atoms with E-state index in [-0.39, 0.29) is 6.61 Å². The SMILES string of the molecule is O=C(Nc1cccc(Cl)c1)OC[C@H](O)CN1CCCCC1. The minimum Gasteiger partial charge on any atom is -0.447 e. The summed E-state index contributed by atoms with van der Waals surface area (Å²) in [5, 5.41) is 13.0. The van der Waals surface area contributed by atoms with Crippen LogP contribution in [0.2, 0.25) is 5.02 Å². The Bertz CT molecular complexity index is 464. The van der Waals surface area contributed by atoms with E-state index in [1.54, 1.807) is 24.3 Å². The van der Waals surface area contributed by atoms with Crippen molar-refractivity contribution in [2.24, 2.45) is 0 Å². The fraction of sp³-hybridized carbons (Fsp3) is 0.533. The largest absolute Gasteiger partial charge is 0.447 e. The van der Waals surface area contributed by atoms with E-state index in [2.05, 4.69) is 10.2 Å². The highest BCUT2D eigenvalue weighted by Crippen LogP contribution is 2.15. The zero-order valence-corrected chi connectivity index (χ0v) is 12.7. The number of piperidine rings is 1. The van der Waals surface area contributed by atoms with E-state index >= 15 is 0 Å². The number of β-amino-alcohol motifs (C(OH)–C–C–N with tert-alkyl or cyclic N) is 1. The molecule has 0 bridgehead atoms. The molecule has 0 aromatic heterocycles. The Hall–Kier alpha value is -1.30. The molecular weight excluding hydrogens is 292 g/mol. The van der Waals surface area contributed by atoms with Gasteiger partial charge >= 0.3 is 6.09 Å². The number of hydrogen-bond acceptors (Lipinski definition) is 4. The lowest BCUT2D eigenvalue weighted by molar-refractivity contribution is 0.0437. The van der Waals surface area contributed by atoms with Gasteiger partial charge in [0.2, 0.25) is 0 Å². The van der Waals surface area contributed by atoms with Gasteiger partial charge in [-0.15, -0.1) is 0 Å². The van der Waals surface area contributed by atoms with Crippen molar-refractivity contribution in [1.82, 2.24) is 4.90 Å². The maximum atomic E-state index is 11.6. The number of benzene rings is 1. The third-order valence-corrected chi connectivity index (χ3v) is 3.63. The maximum Gasteiger partial charge on any atom is 0.411 e. The number of amides is 1. The first-order valence-corrected chi connectivity index (χ1v) is 7.61. The summed E-state index contributed by atoms with van der Waals surface area (Å²) in [6, 6.07) is 6.81. The summed E-state index contributed by atoms with van der Waals surface area (Å²) in [5.74, 6) is 0. The molecular formula is C15H21ClN2O3. The van der Waals surface area contributed by atoms with Gasteiger partial charge in [-0.05, 0) is 44.1 Å². The van der Waals surface area contributed by atoms with Gasteiger partial charge in [0, 0.05) is 17.3 Å². The van der Waals surface area contributed by atoms with Crippen molar-refractivity contribution in [2.75, 3.05) is 31.6 Å². The summed E-state index contributed by atoms with van der Waals surface area (Å²) in [4.78, 5) is 13.8. The molecule has 5 nitrogen and oxygen atoms in total. The van der Waals surface area contributed by atoms with Gasteiger partial charge in [0.05, 0.1) is 0 Å². The third-order valence-electron chi connectivity index (χ3n) is 3.40. The number of nitrogens with zero attached hydrogens (tertiary/aromatic N) is 1. The predicted octanol–water partition coefficient (Wildman–Crippen LogP) is 2.74. The van der Waals surface area contributed by atoms with Gasteiger partial charge < -0.3 is 14.7 Å². The van der Waals surface area contributed by atoms with Crippen LogP contribution in [0.4, 0.5) is 10.5 Å². The lowest BCUT2D eigenvalue weighted by Gasteiger charge is -2.28. The molecule has 1 saturated heterocycles. The van der Waals surface area contributed by atoms with Crippen molar-refractivity contribution in [1.29, 1.82) is 0 Å². The van der Waals surface area contributed by atoms with E-state index in [0.717, 1.165) is 13.1 Å². The molecule has 2 N–H and O–H groups in total. The molecule has 0 saturated carbocycles. The van der Waals surface area contributed by atoms with Crippen molar-refractivity contribution in [3.63, 3.8) is 0 Å². The highest BCUT2D eigenvalue weighted by atomic mass is 35.5. The van der Waals surface area contributed by atoms with Crippen LogP contribution >= 0.6 is 11.6 Å². The normalized spacial score (nSPS) is 17.2. The molecule has 2 rings (SSSR count). The molecule has 0 spiro atoms. The molecule has 1 aromatic carbocycles. The summed E-state index contributed by atoms with van der Waals surface area (Å²) in [6.45, 7) is 2.55. The molecule has 1 aliphatic rings. The van der Waals surface area contributed by atoms with E-state index in [0.29, 0.717) is 17.3 Å². The van der Waals surface area contributed by atoms with E-state index in [9.17, 15) is 9.90 Å². The number of carbonyl (C=O) groups excluding carboxylic acids is 1. The summed E-state index contributed by atoms with van der Waals surface area (Å²) in [7, 11) is 0. The van der Waals surface area contributed by atoms with Crippen LogP contribution in [0.15, 0.2) is 24.3 Å². The number of likely N-dealkylation sites (tertiary alicyclic amines) is 1. The second kappa shape index (κ2) is 8.22. The second-order valence-corrected chi connectivity index (χ2v) is 5.69. The minimum absolute atomic E-state index is 0.0110. The van der Waals surface area contributed by atoms with Crippen LogP contribution < -0.4 is 5.32 Å². The highest BCUT2D eigenvalue weighted by Gasteiger charge is 2.16. The zero-order valence-electron chi connectivity index (χ0n) is 11.9. The van der Waals surface area contributed by atoms with Gasteiger partial charge in [0.1, 0.15) is 12.7 Å². The van der Waals surface area contributed by atoms with Crippen LogP contribution in [0, 0.1) is 0 Å². The molecule has 1 heterocycles. The Morgan fingerprint density at radius 1 is 1.38 bits per heavy atom. The molecule has 1 aliphatic heterocycles. The molecule has 116 valence electrons. The van der Waals surface area contributed by atoms with Crippen LogP contribution in [-0.4, -0.2) is 48.4 Å². The van der Waals surface area contributed by atoms with E-state index < -0.39 is 12.2 Å². The molecule has 0 radical (unpaired) electrons. The third kappa shape index (κ3) is 5.91. The van der Waals surface area contributed by atoms with Crippen molar-refractivity contribution in [3.05, 3.63) is 29.3 Å². The molecule has 1 amide bonds. The standard InChI is InChI=1S/C15H21ClN2O3/c16-12-5-4-6-13(9-12)17-15(20)21-11-14(19)10-18-7-2-1-3-8-18/h4-6,9,14,19H,1-3,7-8,10-11H2,(H,17,20)/t14-/m1/s1. The van der Waals surface area contributed by atoms with Crippen molar-refractivity contribution < 1.29 is 14.6 Å². The first-order chi connectivity index (χ1) is 10.1. The van der Waals surface area contributed by atoms with Crippen LogP contribution in [0.1, 0.15) is 19.3 Å². The van der Waals surface area contributed by atoms with Gasteiger partial charge in [-0.25, -0.2) is 4.79 Å². The topological polar surface area (TPSA) is 61.8 Å². The first kappa shape index (κ1) is 16.1. The number of halogens is 1. The van der Waals surface area contributed by atoms with Gasteiger partial charge in [0.25, 0.3) is 0 Å². The highest BCUT2D eigenvalue weighted by molar-refractivity contribution is 6.30. The number of rotatable bonds is 5. The van der Waals surface area contributed by atoms with Gasteiger partial charge in [-0.2, -0.15) is 0 Å². The summed E-state index contributed by atoms with van der Waals surface area (Å²) in [5.41, 5.74) is 0.568. The first-order valence-electron chi connectivity index (χ1n) is 7.23. The van der Waals surface area contributed by atoms with E-state index in [4.69, 9.17) is 16.3 Å². The number of anilines is 1. The molecule has 0 unspecified atom stereocenters. The minimum atomic E-state index is -0.659. The second-order valence-electron chi connectivity index (χ2n) is 5.25. The van der Waals surface area contributed by atoms with E-state index in [1.165, 1.54) is 19.3 Å². The average molecular weight is 313 g/mol. The average Bonchev–Trinajstić information content (AvgIpc) is 2.46. The molecule has 1 fully saturated rings. The van der Waals surface area contributed by atoms with Gasteiger partial charge in [-0.3, -0.25) is 5.32 Å². The lowest BCUT2D eigenvalue weighted by atomic mass is 10.1. The van der Waals surface area contributed by atoms with Crippen LogP contribution in [0.3, 0.4) is 0 Å². The molecule has 21 heavy (non-hydrogen) atoms. The predicted molar refractivity (Wildman–Crippen MR) is 82.7 cm³/mol.